The van der Waals surface area contributed by atoms with Crippen molar-refractivity contribution in [3.05, 3.63) is 75.2 Å². The highest BCUT2D eigenvalue weighted by Gasteiger charge is 2.26. The molecule has 0 atom stereocenters. The van der Waals surface area contributed by atoms with Crippen molar-refractivity contribution in [1.82, 2.24) is 0 Å². The van der Waals surface area contributed by atoms with E-state index in [1.165, 1.54) is 30.3 Å². The number of rotatable bonds is 2. The van der Waals surface area contributed by atoms with E-state index < -0.39 is 5.97 Å². The van der Waals surface area contributed by atoms with Crippen molar-refractivity contribution < 1.29 is 13.9 Å². The van der Waals surface area contributed by atoms with Crippen LogP contribution in [0.5, 0.6) is 0 Å². The summed E-state index contributed by atoms with van der Waals surface area (Å²) >= 11 is 12.0. The highest BCUT2D eigenvalue weighted by molar-refractivity contribution is 6.44. The highest BCUT2D eigenvalue weighted by atomic mass is 35.5. The fourth-order valence-electron chi connectivity index (χ4n) is 1.91. The first-order valence-corrected chi connectivity index (χ1v) is 7.03. The predicted octanol–water partition coefficient (Wildman–Crippen LogP) is 4.48. The van der Waals surface area contributed by atoms with Gasteiger partial charge in [-0.1, -0.05) is 41.4 Å². The van der Waals surface area contributed by atoms with Crippen molar-refractivity contribution in [1.29, 1.82) is 0 Å². The lowest BCUT2D eigenvalue weighted by Crippen LogP contribution is -2.06. The maximum Gasteiger partial charge on any atom is 0.363 e. The van der Waals surface area contributed by atoms with Gasteiger partial charge in [0.05, 0.1) is 15.6 Å². The highest BCUT2D eigenvalue weighted by Crippen LogP contribution is 2.29. The number of hydrogen-bond acceptors (Lipinski definition) is 3. The van der Waals surface area contributed by atoms with Gasteiger partial charge in [-0.3, -0.25) is 0 Å². The van der Waals surface area contributed by atoms with Crippen molar-refractivity contribution in [2.75, 3.05) is 0 Å². The van der Waals surface area contributed by atoms with Gasteiger partial charge in [0.1, 0.15) is 5.82 Å². The number of nitrogens with zero attached hydrogens (tertiary/aromatic N) is 1. The van der Waals surface area contributed by atoms with Gasteiger partial charge < -0.3 is 4.74 Å². The zero-order valence-electron chi connectivity index (χ0n) is 11.0. The molecule has 1 aliphatic heterocycles. The van der Waals surface area contributed by atoms with Crippen molar-refractivity contribution in [2.24, 2.45) is 4.99 Å². The molecule has 0 radical (unpaired) electrons. The average molecular weight is 336 g/mol. The molecule has 22 heavy (non-hydrogen) atoms. The van der Waals surface area contributed by atoms with Crippen LogP contribution in [0.4, 0.5) is 4.39 Å². The Labute approximate surface area is 135 Å². The number of carbonyl (C=O) groups is 1. The first kappa shape index (κ1) is 14.8. The molecule has 0 saturated heterocycles. The number of halogens is 3. The summed E-state index contributed by atoms with van der Waals surface area (Å²) < 4.78 is 18.0. The van der Waals surface area contributed by atoms with Crippen LogP contribution in [0.25, 0.3) is 6.08 Å². The molecule has 6 heteroatoms. The van der Waals surface area contributed by atoms with Gasteiger partial charge in [0.2, 0.25) is 5.90 Å². The molecule has 0 unspecified atom stereocenters. The third-order valence-corrected chi connectivity index (χ3v) is 3.79. The van der Waals surface area contributed by atoms with E-state index in [9.17, 15) is 9.18 Å². The molecule has 110 valence electrons. The van der Waals surface area contributed by atoms with Gasteiger partial charge in [0, 0.05) is 0 Å². The molecule has 0 amide bonds. The van der Waals surface area contributed by atoms with Crippen LogP contribution in [0.15, 0.2) is 53.2 Å². The first-order valence-electron chi connectivity index (χ1n) is 6.27. The molecule has 1 heterocycles. The lowest BCUT2D eigenvalue weighted by atomic mass is 10.2. The average Bonchev–Trinajstić information content (AvgIpc) is 2.85. The number of esters is 1. The van der Waals surface area contributed by atoms with Crippen LogP contribution in [-0.2, 0) is 9.53 Å². The van der Waals surface area contributed by atoms with Crippen LogP contribution in [0, 0.1) is 5.82 Å². The molecule has 2 aromatic carbocycles. The lowest BCUT2D eigenvalue weighted by molar-refractivity contribution is -0.129. The van der Waals surface area contributed by atoms with E-state index in [1.807, 2.05) is 0 Å². The number of aliphatic imine (C=N–C) groups is 1. The molecule has 3 rings (SSSR count). The molecule has 0 spiro atoms. The van der Waals surface area contributed by atoms with Crippen LogP contribution in [-0.4, -0.2) is 11.9 Å². The smallest absolute Gasteiger partial charge is 0.363 e. The Hall–Kier alpha value is -2.17. The maximum absolute atomic E-state index is 12.9. The summed E-state index contributed by atoms with van der Waals surface area (Å²) in [5, 5.41) is 0.604. The predicted molar refractivity (Wildman–Crippen MR) is 83.5 cm³/mol. The molecule has 2 aromatic rings. The van der Waals surface area contributed by atoms with E-state index in [2.05, 4.69) is 4.99 Å². The molecule has 0 fully saturated rings. The normalized spacial score (nSPS) is 15.9. The van der Waals surface area contributed by atoms with E-state index in [1.54, 1.807) is 18.2 Å². The summed E-state index contributed by atoms with van der Waals surface area (Å²) in [7, 11) is 0. The first-order chi connectivity index (χ1) is 10.5. The van der Waals surface area contributed by atoms with Crippen molar-refractivity contribution in [2.45, 2.75) is 0 Å². The molecule has 0 N–H and O–H groups in total. The molecular weight excluding hydrogens is 328 g/mol. The molecule has 3 nitrogen and oxygen atoms in total. The molecule has 0 saturated carbocycles. The topological polar surface area (TPSA) is 38.7 Å². The second kappa shape index (κ2) is 5.91. The minimum absolute atomic E-state index is 0.0888. The van der Waals surface area contributed by atoms with Gasteiger partial charge >= 0.3 is 5.97 Å². The van der Waals surface area contributed by atoms with Crippen molar-refractivity contribution in [3.8, 4) is 0 Å². The third-order valence-electron chi connectivity index (χ3n) is 2.98. The minimum atomic E-state index is -0.602. The van der Waals surface area contributed by atoms with Gasteiger partial charge in [0.15, 0.2) is 5.70 Å². The van der Waals surface area contributed by atoms with Gasteiger partial charge in [-0.2, -0.15) is 0 Å². The Morgan fingerprint density at radius 3 is 2.55 bits per heavy atom. The summed E-state index contributed by atoms with van der Waals surface area (Å²) in [4.78, 5) is 16.0. The zero-order valence-corrected chi connectivity index (χ0v) is 12.5. The second-order valence-corrected chi connectivity index (χ2v) is 5.27. The summed E-state index contributed by atoms with van der Waals surface area (Å²) in [5.41, 5.74) is 1.18. The van der Waals surface area contributed by atoms with Crippen LogP contribution in [0.1, 0.15) is 11.1 Å². The van der Waals surface area contributed by atoms with E-state index >= 15 is 0 Å². The Bertz CT molecular complexity index is 813. The maximum atomic E-state index is 12.9. The number of ether oxygens (including phenoxy) is 1. The Balaban J connectivity index is 1.98. The monoisotopic (exact) mass is 335 g/mol. The zero-order chi connectivity index (χ0) is 15.7. The third kappa shape index (κ3) is 2.89. The summed E-state index contributed by atoms with van der Waals surface area (Å²) in [5.74, 6) is -0.868. The fourth-order valence-corrected chi connectivity index (χ4v) is 2.29. The van der Waals surface area contributed by atoms with Crippen molar-refractivity contribution >= 4 is 41.1 Å². The summed E-state index contributed by atoms with van der Waals surface area (Å²) in [6.07, 6.45) is 1.51. The van der Waals surface area contributed by atoms with Crippen LogP contribution < -0.4 is 0 Å². The summed E-state index contributed by atoms with van der Waals surface area (Å²) in [6, 6.07) is 10.6. The SMILES string of the molecule is O=C1OC(c2cccc(Cl)c2Cl)=N/C1=C/c1ccc(F)cc1. The quantitative estimate of drug-likeness (QED) is 0.599. The van der Waals surface area contributed by atoms with Crippen LogP contribution in [0.2, 0.25) is 10.0 Å². The molecule has 0 aliphatic carbocycles. The van der Waals surface area contributed by atoms with Gasteiger partial charge in [-0.15, -0.1) is 0 Å². The standard InChI is InChI=1S/C16H8Cl2FNO2/c17-12-3-1-2-11(14(12)18)15-20-13(16(21)22-15)8-9-4-6-10(19)7-5-9/h1-8H/b13-8+. The second-order valence-electron chi connectivity index (χ2n) is 4.49. The van der Waals surface area contributed by atoms with Crippen molar-refractivity contribution in [3.63, 3.8) is 0 Å². The largest absolute Gasteiger partial charge is 0.402 e. The Morgan fingerprint density at radius 2 is 1.82 bits per heavy atom. The summed E-state index contributed by atoms with van der Waals surface area (Å²) in [6.45, 7) is 0. The Kier molecular flexibility index (Phi) is 3.96. The van der Waals surface area contributed by atoms with E-state index in [4.69, 9.17) is 27.9 Å². The number of cyclic esters (lactones) is 1. The number of hydrogen-bond donors (Lipinski definition) is 0. The van der Waals surface area contributed by atoms with Gasteiger partial charge in [0.25, 0.3) is 0 Å². The fraction of sp³-hybridized carbons (Fsp3) is 0. The van der Waals surface area contributed by atoms with E-state index in [-0.39, 0.29) is 22.4 Å². The van der Waals surface area contributed by atoms with Crippen LogP contribution >= 0.6 is 23.2 Å². The van der Waals surface area contributed by atoms with Gasteiger partial charge in [-0.05, 0) is 35.9 Å². The van der Waals surface area contributed by atoms with E-state index in [0.29, 0.717) is 16.1 Å². The molecule has 1 aliphatic rings. The molecule has 0 bridgehead atoms. The van der Waals surface area contributed by atoms with Crippen LogP contribution in [0.3, 0.4) is 0 Å². The number of carbonyl (C=O) groups excluding carboxylic acids is 1. The molecule has 0 aromatic heterocycles. The van der Waals surface area contributed by atoms with Gasteiger partial charge in [-0.25, -0.2) is 14.2 Å². The number of benzene rings is 2. The Morgan fingerprint density at radius 1 is 1.09 bits per heavy atom. The molecular formula is C16H8Cl2FNO2. The van der Waals surface area contributed by atoms with E-state index in [0.717, 1.165) is 0 Å². The minimum Gasteiger partial charge on any atom is -0.402 e. The lowest BCUT2D eigenvalue weighted by Gasteiger charge is -2.03.